The molecule has 84 valence electrons. The Kier molecular flexibility index (Phi) is 2.81. The van der Waals surface area contributed by atoms with E-state index in [0.717, 1.165) is 27.5 Å². The molecule has 0 saturated carbocycles. The quantitative estimate of drug-likeness (QED) is 0.470. The lowest BCUT2D eigenvalue weighted by molar-refractivity contribution is 0.915. The highest BCUT2D eigenvalue weighted by molar-refractivity contribution is 7.99. The SMILES string of the molecule is CCSc1nc(Cl)c2c3c(sc2n1)CCC3. The summed E-state index contributed by atoms with van der Waals surface area (Å²) in [6.07, 6.45) is 3.57. The van der Waals surface area contributed by atoms with E-state index < -0.39 is 0 Å². The van der Waals surface area contributed by atoms with Crippen LogP contribution in [0.5, 0.6) is 0 Å². The van der Waals surface area contributed by atoms with Crippen molar-refractivity contribution in [2.75, 3.05) is 5.75 Å². The molecule has 2 aromatic heterocycles. The number of aryl methyl sites for hydroxylation is 2. The minimum Gasteiger partial charge on any atom is -0.211 e. The number of halogens is 1. The molecule has 0 saturated heterocycles. The fourth-order valence-electron chi connectivity index (χ4n) is 2.13. The van der Waals surface area contributed by atoms with Crippen LogP contribution < -0.4 is 0 Å². The van der Waals surface area contributed by atoms with E-state index in [1.807, 2.05) is 0 Å². The van der Waals surface area contributed by atoms with Gasteiger partial charge in [-0.25, -0.2) is 9.97 Å². The highest BCUT2D eigenvalue weighted by Gasteiger charge is 2.21. The Morgan fingerprint density at radius 1 is 1.38 bits per heavy atom. The van der Waals surface area contributed by atoms with Gasteiger partial charge in [-0.05, 0) is 30.6 Å². The van der Waals surface area contributed by atoms with Crippen LogP contribution in [0.15, 0.2) is 5.16 Å². The molecule has 1 aliphatic carbocycles. The molecule has 0 spiro atoms. The number of hydrogen-bond acceptors (Lipinski definition) is 4. The molecular formula is C11H11ClN2S2. The molecule has 2 nitrogen and oxygen atoms in total. The minimum atomic E-state index is 0.639. The van der Waals surface area contributed by atoms with Crippen LogP contribution in [0.4, 0.5) is 0 Å². The van der Waals surface area contributed by atoms with E-state index in [4.69, 9.17) is 11.6 Å². The van der Waals surface area contributed by atoms with Crippen LogP contribution in [0.2, 0.25) is 5.15 Å². The Morgan fingerprint density at radius 2 is 2.25 bits per heavy atom. The van der Waals surface area contributed by atoms with Crippen molar-refractivity contribution in [2.24, 2.45) is 0 Å². The second kappa shape index (κ2) is 4.17. The molecule has 0 amide bonds. The van der Waals surface area contributed by atoms with Crippen LogP contribution in [0, 0.1) is 0 Å². The summed E-state index contributed by atoms with van der Waals surface area (Å²) < 4.78 is 0. The second-order valence-electron chi connectivity index (χ2n) is 3.77. The van der Waals surface area contributed by atoms with Crippen LogP contribution in [0.25, 0.3) is 10.2 Å². The van der Waals surface area contributed by atoms with E-state index in [1.165, 1.54) is 23.3 Å². The molecule has 0 bridgehead atoms. The smallest absolute Gasteiger partial charge is 0.190 e. The Balaban J connectivity index is 2.22. The molecule has 0 fully saturated rings. The second-order valence-corrected chi connectivity index (χ2v) is 6.44. The van der Waals surface area contributed by atoms with Crippen molar-refractivity contribution in [3.05, 3.63) is 15.6 Å². The third-order valence-electron chi connectivity index (χ3n) is 2.77. The number of thiophene rings is 1. The monoisotopic (exact) mass is 270 g/mol. The molecule has 0 aromatic carbocycles. The number of fused-ring (bicyclic) bond motifs is 3. The zero-order valence-electron chi connectivity index (χ0n) is 8.92. The molecule has 2 heterocycles. The summed E-state index contributed by atoms with van der Waals surface area (Å²) in [6, 6.07) is 0. The van der Waals surface area contributed by atoms with Crippen molar-refractivity contribution >= 4 is 44.9 Å². The predicted octanol–water partition coefficient (Wildman–Crippen LogP) is 3.95. The topological polar surface area (TPSA) is 25.8 Å². The fourth-order valence-corrected chi connectivity index (χ4v) is 4.41. The van der Waals surface area contributed by atoms with Gasteiger partial charge in [0.2, 0.25) is 0 Å². The van der Waals surface area contributed by atoms with E-state index in [1.54, 1.807) is 23.1 Å². The maximum atomic E-state index is 6.27. The maximum Gasteiger partial charge on any atom is 0.190 e. The molecule has 16 heavy (non-hydrogen) atoms. The van der Waals surface area contributed by atoms with Crippen LogP contribution >= 0.6 is 34.7 Å². The van der Waals surface area contributed by atoms with Gasteiger partial charge in [0.05, 0.1) is 5.39 Å². The predicted molar refractivity (Wildman–Crippen MR) is 70.8 cm³/mol. The standard InChI is InChI=1S/C11H11ClN2S2/c1-2-15-11-13-9(12)8-6-4-3-5-7(6)16-10(8)14-11/h2-5H2,1H3. The van der Waals surface area contributed by atoms with Gasteiger partial charge in [0, 0.05) is 4.88 Å². The highest BCUT2D eigenvalue weighted by Crippen LogP contribution is 2.39. The van der Waals surface area contributed by atoms with Crippen molar-refractivity contribution in [2.45, 2.75) is 31.3 Å². The first-order valence-corrected chi connectivity index (χ1v) is 7.58. The van der Waals surface area contributed by atoms with Crippen molar-refractivity contribution in [1.82, 2.24) is 9.97 Å². The largest absolute Gasteiger partial charge is 0.211 e. The van der Waals surface area contributed by atoms with Crippen LogP contribution in [-0.4, -0.2) is 15.7 Å². The molecule has 0 unspecified atom stereocenters. The maximum absolute atomic E-state index is 6.27. The van der Waals surface area contributed by atoms with E-state index in [0.29, 0.717) is 5.15 Å². The zero-order valence-corrected chi connectivity index (χ0v) is 11.3. The summed E-state index contributed by atoms with van der Waals surface area (Å²) in [7, 11) is 0. The molecule has 0 atom stereocenters. The van der Waals surface area contributed by atoms with Gasteiger partial charge in [0.15, 0.2) is 5.16 Å². The van der Waals surface area contributed by atoms with Gasteiger partial charge in [-0.1, -0.05) is 30.3 Å². The van der Waals surface area contributed by atoms with Crippen LogP contribution in [-0.2, 0) is 12.8 Å². The highest BCUT2D eigenvalue weighted by atomic mass is 35.5. The molecular weight excluding hydrogens is 260 g/mol. The summed E-state index contributed by atoms with van der Waals surface area (Å²) in [5, 5.41) is 2.56. The lowest BCUT2D eigenvalue weighted by atomic mass is 10.2. The number of thioether (sulfide) groups is 1. The minimum absolute atomic E-state index is 0.639. The number of aromatic nitrogens is 2. The summed E-state index contributed by atoms with van der Waals surface area (Å²) in [5.74, 6) is 0.979. The van der Waals surface area contributed by atoms with Crippen molar-refractivity contribution in [3.8, 4) is 0 Å². The molecule has 3 rings (SSSR count). The molecule has 0 radical (unpaired) electrons. The Morgan fingerprint density at radius 3 is 3.06 bits per heavy atom. The lowest BCUT2D eigenvalue weighted by Crippen LogP contribution is -1.89. The number of rotatable bonds is 2. The van der Waals surface area contributed by atoms with E-state index in [2.05, 4.69) is 16.9 Å². The summed E-state index contributed by atoms with van der Waals surface area (Å²) >= 11 is 9.70. The summed E-state index contributed by atoms with van der Waals surface area (Å²) in [5.41, 5.74) is 1.40. The van der Waals surface area contributed by atoms with Crippen molar-refractivity contribution in [1.29, 1.82) is 0 Å². The lowest BCUT2D eigenvalue weighted by Gasteiger charge is -2.00. The first kappa shape index (κ1) is 10.8. The molecule has 0 N–H and O–H groups in total. The van der Waals surface area contributed by atoms with E-state index in [-0.39, 0.29) is 0 Å². The van der Waals surface area contributed by atoms with E-state index in [9.17, 15) is 0 Å². The van der Waals surface area contributed by atoms with Gasteiger partial charge >= 0.3 is 0 Å². The molecule has 5 heteroatoms. The summed E-state index contributed by atoms with van der Waals surface area (Å²) in [6.45, 7) is 2.10. The van der Waals surface area contributed by atoms with Gasteiger partial charge in [-0.3, -0.25) is 0 Å². The van der Waals surface area contributed by atoms with Gasteiger partial charge in [-0.2, -0.15) is 0 Å². The Bertz CT molecular complexity index is 550. The van der Waals surface area contributed by atoms with Crippen LogP contribution in [0.1, 0.15) is 23.8 Å². The average molecular weight is 271 g/mol. The molecule has 2 aromatic rings. The Hall–Kier alpha value is -0.320. The number of hydrogen-bond donors (Lipinski definition) is 0. The third kappa shape index (κ3) is 1.63. The third-order valence-corrected chi connectivity index (χ3v) is 4.96. The number of nitrogens with zero attached hydrogens (tertiary/aromatic N) is 2. The first-order valence-electron chi connectivity index (χ1n) is 5.40. The van der Waals surface area contributed by atoms with Gasteiger partial charge in [-0.15, -0.1) is 11.3 Å². The van der Waals surface area contributed by atoms with Crippen molar-refractivity contribution in [3.63, 3.8) is 0 Å². The first-order chi connectivity index (χ1) is 7.79. The summed E-state index contributed by atoms with van der Waals surface area (Å²) in [4.78, 5) is 11.5. The average Bonchev–Trinajstić information content (AvgIpc) is 2.76. The normalized spacial score (nSPS) is 14.6. The van der Waals surface area contributed by atoms with E-state index >= 15 is 0 Å². The Labute approximate surface area is 107 Å². The molecule has 0 aliphatic heterocycles. The molecule has 1 aliphatic rings. The van der Waals surface area contributed by atoms with Gasteiger partial charge < -0.3 is 0 Å². The zero-order chi connectivity index (χ0) is 11.1. The van der Waals surface area contributed by atoms with Crippen LogP contribution in [0.3, 0.4) is 0 Å². The van der Waals surface area contributed by atoms with Gasteiger partial charge in [0.1, 0.15) is 9.98 Å². The van der Waals surface area contributed by atoms with Crippen molar-refractivity contribution < 1.29 is 0 Å². The fraction of sp³-hybridized carbons (Fsp3) is 0.455. The van der Waals surface area contributed by atoms with Gasteiger partial charge in [0.25, 0.3) is 0 Å².